The molecule has 3 saturated heterocycles. The number of hydrogen-bond acceptors (Lipinski definition) is 7. The van der Waals surface area contributed by atoms with Gasteiger partial charge in [0.25, 0.3) is 0 Å². The summed E-state index contributed by atoms with van der Waals surface area (Å²) >= 11 is 1.49. The molecule has 0 unspecified atom stereocenters. The molecule has 1 N–H and O–H groups in total. The SMILES string of the molecule is COc1ccc(C2CCOCC2)c2sc(NC(=O)ON3CC4CCC3CC4)nc12. The Hall–Kier alpha value is -1.90. The number of rotatable bonds is 4. The molecule has 0 atom stereocenters. The van der Waals surface area contributed by atoms with Crippen LogP contribution in [0.15, 0.2) is 12.1 Å². The fraction of sp³-hybridized carbons (Fsp3) is 0.619. The highest BCUT2D eigenvalue weighted by Crippen LogP contribution is 2.41. The Kier molecular flexibility index (Phi) is 5.32. The van der Waals surface area contributed by atoms with E-state index in [0.29, 0.717) is 23.0 Å². The van der Waals surface area contributed by atoms with Crippen molar-refractivity contribution in [1.82, 2.24) is 10.0 Å². The van der Waals surface area contributed by atoms with Gasteiger partial charge in [0.15, 0.2) is 5.13 Å². The minimum Gasteiger partial charge on any atom is -0.494 e. The molecule has 1 aliphatic carbocycles. The van der Waals surface area contributed by atoms with E-state index in [0.717, 1.165) is 61.4 Å². The molecule has 2 aromatic rings. The Morgan fingerprint density at radius 2 is 2.00 bits per heavy atom. The van der Waals surface area contributed by atoms with E-state index in [2.05, 4.69) is 16.4 Å². The Bertz CT molecular complexity index is 887. The number of hydroxylamine groups is 2. The summed E-state index contributed by atoms with van der Waals surface area (Å²) in [6, 6.07) is 4.46. The highest BCUT2D eigenvalue weighted by atomic mass is 32.1. The van der Waals surface area contributed by atoms with Crippen LogP contribution in [0.2, 0.25) is 0 Å². The molecule has 0 spiro atoms. The Labute approximate surface area is 174 Å². The van der Waals surface area contributed by atoms with Crippen molar-refractivity contribution in [3.05, 3.63) is 17.7 Å². The number of thiazole rings is 1. The number of nitrogens with zero attached hydrogens (tertiary/aromatic N) is 2. The topological polar surface area (TPSA) is 72.9 Å². The predicted octanol–water partition coefficient (Wildman–Crippen LogP) is 4.54. The fourth-order valence-corrected chi connectivity index (χ4v) is 5.96. The highest BCUT2D eigenvalue weighted by molar-refractivity contribution is 7.22. The summed E-state index contributed by atoms with van der Waals surface area (Å²) in [4.78, 5) is 22.8. The first-order chi connectivity index (χ1) is 14.2. The summed E-state index contributed by atoms with van der Waals surface area (Å²) in [5, 5.41) is 5.26. The summed E-state index contributed by atoms with van der Waals surface area (Å²) in [6.45, 7) is 2.42. The van der Waals surface area contributed by atoms with Gasteiger partial charge in [-0.3, -0.25) is 5.32 Å². The molecule has 1 aromatic heterocycles. The van der Waals surface area contributed by atoms with Gasteiger partial charge in [0.05, 0.1) is 11.8 Å². The van der Waals surface area contributed by atoms with Crippen molar-refractivity contribution in [1.29, 1.82) is 0 Å². The molecule has 8 heteroatoms. The van der Waals surface area contributed by atoms with E-state index < -0.39 is 6.09 Å². The van der Waals surface area contributed by atoms with E-state index >= 15 is 0 Å². The number of benzene rings is 1. The van der Waals surface area contributed by atoms with Gasteiger partial charge in [0.2, 0.25) is 0 Å². The largest absolute Gasteiger partial charge is 0.494 e. The number of methoxy groups -OCH3 is 1. The van der Waals surface area contributed by atoms with Gasteiger partial charge in [-0.05, 0) is 62.0 Å². The molecule has 6 rings (SSSR count). The molecule has 1 aromatic carbocycles. The lowest BCUT2D eigenvalue weighted by Gasteiger charge is -2.43. The van der Waals surface area contributed by atoms with Gasteiger partial charge < -0.3 is 14.3 Å². The Morgan fingerprint density at radius 3 is 2.69 bits per heavy atom. The maximum absolute atomic E-state index is 12.5. The molecule has 29 heavy (non-hydrogen) atoms. The van der Waals surface area contributed by atoms with Crippen LogP contribution in [-0.4, -0.2) is 49.1 Å². The summed E-state index contributed by atoms with van der Waals surface area (Å²) in [5.74, 6) is 1.82. The van der Waals surface area contributed by atoms with Gasteiger partial charge in [0.1, 0.15) is 11.3 Å². The van der Waals surface area contributed by atoms with E-state index in [1.165, 1.54) is 29.7 Å². The second-order valence-corrected chi connectivity index (χ2v) is 9.22. The molecular weight excluding hydrogens is 390 g/mol. The van der Waals surface area contributed by atoms with Gasteiger partial charge in [-0.2, -0.15) is 0 Å². The zero-order valence-electron chi connectivity index (χ0n) is 16.7. The molecular formula is C21H27N3O4S. The zero-order chi connectivity index (χ0) is 19.8. The molecule has 156 valence electrons. The number of fused-ring (bicyclic) bond motifs is 4. The summed E-state index contributed by atoms with van der Waals surface area (Å²) in [6.07, 6.45) is 6.28. The van der Waals surface area contributed by atoms with E-state index in [4.69, 9.17) is 14.3 Å². The first kappa shape index (κ1) is 19.1. The maximum Gasteiger partial charge on any atom is 0.432 e. The van der Waals surface area contributed by atoms with Crippen molar-refractivity contribution in [3.63, 3.8) is 0 Å². The van der Waals surface area contributed by atoms with E-state index in [1.54, 1.807) is 7.11 Å². The number of ether oxygens (including phenoxy) is 2. The lowest BCUT2D eigenvalue weighted by Crippen LogP contribution is -2.49. The standard InChI is InChI=1S/C21H27N3O4S/c1-26-17-7-6-16(14-8-10-27-11-9-14)19-18(17)22-20(29-19)23-21(25)28-24-12-13-2-4-15(24)5-3-13/h6-7,13-15H,2-5,8-12H2,1H3,(H,22,23,25). The van der Waals surface area contributed by atoms with Gasteiger partial charge in [0, 0.05) is 25.8 Å². The number of anilines is 1. The minimum absolute atomic E-state index is 0.362. The smallest absolute Gasteiger partial charge is 0.432 e. The number of carbonyl (C=O) groups is 1. The van der Waals surface area contributed by atoms with Gasteiger partial charge in [-0.15, -0.1) is 5.06 Å². The summed E-state index contributed by atoms with van der Waals surface area (Å²) in [5.41, 5.74) is 2.06. The van der Waals surface area contributed by atoms with Crippen molar-refractivity contribution in [2.45, 2.75) is 50.5 Å². The normalized spacial score (nSPS) is 25.3. The lowest BCUT2D eigenvalue weighted by molar-refractivity contribution is -0.173. The second-order valence-electron chi connectivity index (χ2n) is 8.22. The van der Waals surface area contributed by atoms with Crippen molar-refractivity contribution < 1.29 is 19.1 Å². The summed E-state index contributed by atoms with van der Waals surface area (Å²) in [7, 11) is 1.65. The number of piperidine rings is 2. The van der Waals surface area contributed by atoms with E-state index in [-0.39, 0.29) is 0 Å². The number of hydrogen-bond donors (Lipinski definition) is 1. The second kappa shape index (κ2) is 8.08. The molecule has 1 amide bonds. The Balaban J connectivity index is 1.35. The van der Waals surface area contributed by atoms with Crippen LogP contribution in [-0.2, 0) is 9.57 Å². The molecule has 4 heterocycles. The third-order valence-electron chi connectivity index (χ3n) is 6.49. The van der Waals surface area contributed by atoms with Crippen LogP contribution < -0.4 is 10.1 Å². The van der Waals surface area contributed by atoms with Gasteiger partial charge in [-0.25, -0.2) is 9.78 Å². The van der Waals surface area contributed by atoms with E-state index in [1.807, 2.05) is 11.1 Å². The van der Waals surface area contributed by atoms with Crippen LogP contribution in [0.1, 0.15) is 50.0 Å². The number of amides is 1. The minimum atomic E-state index is -0.455. The third-order valence-corrected chi connectivity index (χ3v) is 7.51. The van der Waals surface area contributed by atoms with Crippen molar-refractivity contribution in [3.8, 4) is 5.75 Å². The number of aromatic nitrogens is 1. The molecule has 4 aliphatic rings. The molecule has 2 bridgehead atoms. The molecule has 4 fully saturated rings. The zero-order valence-corrected chi connectivity index (χ0v) is 17.5. The quantitative estimate of drug-likeness (QED) is 0.788. The number of nitrogens with one attached hydrogen (secondary N) is 1. The molecule has 3 aliphatic heterocycles. The van der Waals surface area contributed by atoms with Crippen molar-refractivity contribution in [2.75, 3.05) is 32.2 Å². The fourth-order valence-electron chi connectivity index (χ4n) is 4.90. The first-order valence-corrected chi connectivity index (χ1v) is 11.3. The monoisotopic (exact) mass is 417 g/mol. The first-order valence-electron chi connectivity index (χ1n) is 10.5. The predicted molar refractivity (Wildman–Crippen MR) is 112 cm³/mol. The molecule has 7 nitrogen and oxygen atoms in total. The van der Waals surface area contributed by atoms with Crippen LogP contribution in [0, 0.1) is 5.92 Å². The van der Waals surface area contributed by atoms with Crippen LogP contribution in [0.4, 0.5) is 9.93 Å². The Morgan fingerprint density at radius 1 is 1.21 bits per heavy atom. The van der Waals surface area contributed by atoms with Crippen LogP contribution in [0.25, 0.3) is 10.2 Å². The van der Waals surface area contributed by atoms with Gasteiger partial charge >= 0.3 is 6.09 Å². The van der Waals surface area contributed by atoms with Crippen molar-refractivity contribution >= 4 is 32.8 Å². The lowest BCUT2D eigenvalue weighted by atomic mass is 9.81. The molecule has 0 radical (unpaired) electrons. The average molecular weight is 418 g/mol. The molecule has 1 saturated carbocycles. The number of carbonyl (C=O) groups excluding carboxylic acids is 1. The van der Waals surface area contributed by atoms with Crippen LogP contribution >= 0.6 is 11.3 Å². The average Bonchev–Trinajstić information content (AvgIpc) is 3.17. The third kappa shape index (κ3) is 3.81. The van der Waals surface area contributed by atoms with Crippen LogP contribution in [0.5, 0.6) is 5.75 Å². The summed E-state index contributed by atoms with van der Waals surface area (Å²) < 4.78 is 12.1. The maximum atomic E-state index is 12.5. The van der Waals surface area contributed by atoms with Crippen molar-refractivity contribution in [2.24, 2.45) is 5.92 Å². The highest BCUT2D eigenvalue weighted by Gasteiger charge is 2.36. The van der Waals surface area contributed by atoms with Crippen LogP contribution in [0.3, 0.4) is 0 Å². The van der Waals surface area contributed by atoms with Gasteiger partial charge in [-0.1, -0.05) is 17.4 Å². The van der Waals surface area contributed by atoms with E-state index in [9.17, 15) is 4.79 Å².